The first-order valence-corrected chi connectivity index (χ1v) is 20.8. The monoisotopic (exact) mass is 750 g/mol. The van der Waals surface area contributed by atoms with Crippen molar-refractivity contribution >= 4 is 63.0 Å². The summed E-state index contributed by atoms with van der Waals surface area (Å²) in [5, 5.41) is 4.94. The molecule has 4 heterocycles. The number of aromatic nitrogens is 4. The lowest BCUT2D eigenvalue weighted by molar-refractivity contribution is 0.125. The minimum atomic E-state index is 0.0129. The van der Waals surface area contributed by atoms with Crippen molar-refractivity contribution in [1.82, 2.24) is 19.9 Å². The lowest BCUT2D eigenvalue weighted by atomic mass is 9.59. The molecule has 270 valence electrons. The molecule has 0 unspecified atom stereocenters. The minimum Gasteiger partial charge on any atom is -0.255 e. The van der Waals surface area contributed by atoms with E-state index in [1.165, 1.54) is 62.6 Å². The average molecular weight is 751 g/mol. The van der Waals surface area contributed by atoms with Crippen LogP contribution in [0.15, 0.2) is 115 Å². The summed E-state index contributed by atoms with van der Waals surface area (Å²) in [5.74, 6) is 1.95. The molecule has 0 spiro atoms. The molecule has 4 nitrogen and oxygen atoms in total. The molecule has 0 atom stereocenters. The fourth-order valence-electron chi connectivity index (χ4n) is 8.94. The zero-order chi connectivity index (χ0) is 37.9. The third-order valence-corrected chi connectivity index (χ3v) is 15.8. The molecule has 0 aliphatic heterocycles. The van der Waals surface area contributed by atoms with E-state index in [9.17, 15) is 0 Å². The lowest BCUT2D eigenvalue weighted by Crippen LogP contribution is -2.42. The van der Waals surface area contributed by atoms with E-state index >= 15 is 0 Å². The van der Waals surface area contributed by atoms with Gasteiger partial charge in [-0.25, -0.2) is 15.0 Å². The van der Waals surface area contributed by atoms with Crippen LogP contribution in [-0.4, -0.2) is 19.9 Å². The van der Waals surface area contributed by atoms with Crippen LogP contribution in [0.4, 0.5) is 0 Å². The molecule has 0 N–H and O–H groups in total. The fraction of sp³-hybridized carbons (Fsp3) is 0.224. The highest BCUT2D eigenvalue weighted by Gasteiger charge is 2.57. The van der Waals surface area contributed by atoms with Gasteiger partial charge in [-0.15, -0.1) is 22.7 Å². The number of hydrogen-bond donors (Lipinski definition) is 0. The van der Waals surface area contributed by atoms with Gasteiger partial charge in [-0.05, 0) is 81.8 Å². The van der Waals surface area contributed by atoms with Gasteiger partial charge in [0.15, 0.2) is 17.5 Å². The Balaban J connectivity index is 1.15. The summed E-state index contributed by atoms with van der Waals surface area (Å²) in [4.78, 5) is 20.9. The Bertz CT molecular complexity index is 2870. The van der Waals surface area contributed by atoms with Gasteiger partial charge < -0.3 is 0 Å². The van der Waals surface area contributed by atoms with Crippen molar-refractivity contribution in [2.75, 3.05) is 0 Å². The number of benzene rings is 5. The maximum absolute atomic E-state index is 5.27. The van der Waals surface area contributed by atoms with Crippen molar-refractivity contribution in [3.63, 3.8) is 0 Å². The van der Waals surface area contributed by atoms with E-state index in [1.807, 2.05) is 6.20 Å². The molecule has 0 amide bonds. The van der Waals surface area contributed by atoms with Gasteiger partial charge in [-0.2, -0.15) is 0 Å². The lowest BCUT2D eigenvalue weighted by Gasteiger charge is -2.44. The number of rotatable bonds is 5. The molecule has 0 bridgehead atoms. The van der Waals surface area contributed by atoms with Crippen LogP contribution in [0.3, 0.4) is 0 Å². The van der Waals surface area contributed by atoms with Gasteiger partial charge in [-0.3, -0.25) is 4.98 Å². The Labute approximate surface area is 330 Å². The molecule has 0 fully saturated rings. The van der Waals surface area contributed by atoms with Crippen molar-refractivity contribution in [1.29, 1.82) is 0 Å². The van der Waals surface area contributed by atoms with Crippen molar-refractivity contribution in [2.45, 2.75) is 65.7 Å². The van der Waals surface area contributed by atoms with Gasteiger partial charge >= 0.3 is 0 Å². The van der Waals surface area contributed by atoms with Crippen molar-refractivity contribution in [3.05, 3.63) is 132 Å². The van der Waals surface area contributed by atoms with Crippen LogP contribution in [0, 0.1) is 5.41 Å². The van der Waals surface area contributed by atoms with Crippen LogP contribution in [0.5, 0.6) is 0 Å². The summed E-state index contributed by atoms with van der Waals surface area (Å²) in [6, 6.07) is 39.3. The molecule has 6 heteroatoms. The molecular formula is C49H42N4S2. The number of pyridine rings is 1. The third kappa shape index (κ3) is 4.94. The van der Waals surface area contributed by atoms with E-state index in [0.717, 1.165) is 28.8 Å². The van der Waals surface area contributed by atoms with Gasteiger partial charge in [0.2, 0.25) is 0 Å². The predicted molar refractivity (Wildman–Crippen MR) is 234 cm³/mol. The van der Waals surface area contributed by atoms with Gasteiger partial charge in [0.05, 0.1) is 5.69 Å². The van der Waals surface area contributed by atoms with Crippen molar-refractivity contribution in [2.24, 2.45) is 5.41 Å². The van der Waals surface area contributed by atoms with Crippen LogP contribution < -0.4 is 0 Å². The predicted octanol–water partition coefficient (Wildman–Crippen LogP) is 13.8. The number of hydrogen-bond acceptors (Lipinski definition) is 6. The number of nitrogens with zero attached hydrogens (tertiary/aromatic N) is 4. The highest BCUT2D eigenvalue weighted by Crippen LogP contribution is 2.62. The Morgan fingerprint density at radius 1 is 0.509 bits per heavy atom. The van der Waals surface area contributed by atoms with E-state index < -0.39 is 0 Å². The van der Waals surface area contributed by atoms with Gasteiger partial charge in [0.25, 0.3) is 0 Å². The molecule has 0 saturated carbocycles. The summed E-state index contributed by atoms with van der Waals surface area (Å²) < 4.78 is 4.86. The van der Waals surface area contributed by atoms with Crippen LogP contribution in [-0.2, 0) is 17.3 Å². The quantitative estimate of drug-likeness (QED) is 0.176. The second-order valence-electron chi connectivity index (χ2n) is 16.6. The number of aryl methyl sites for hydroxylation is 1. The van der Waals surface area contributed by atoms with Crippen LogP contribution >= 0.6 is 22.7 Å². The second-order valence-corrected chi connectivity index (χ2v) is 18.7. The molecular weight excluding hydrogens is 709 g/mol. The van der Waals surface area contributed by atoms with E-state index in [2.05, 4.69) is 158 Å². The highest BCUT2D eigenvalue weighted by molar-refractivity contribution is 7.26. The van der Waals surface area contributed by atoms with Gasteiger partial charge in [0, 0.05) is 68.8 Å². The molecule has 4 aromatic heterocycles. The molecule has 55 heavy (non-hydrogen) atoms. The van der Waals surface area contributed by atoms with Crippen molar-refractivity contribution in [3.8, 4) is 45.4 Å². The maximum atomic E-state index is 5.27. The normalized spacial score (nSPS) is 15.7. The minimum absolute atomic E-state index is 0.0129. The first-order valence-electron chi connectivity index (χ1n) is 19.2. The number of fused-ring (bicyclic) bond motifs is 7. The van der Waals surface area contributed by atoms with E-state index in [1.54, 1.807) is 22.7 Å². The SMILES string of the molecule is CCc1cc2c(cc1-c1ccc(-c3nc(-c4cccc5c4sc4ccccc45)nc(-c4cccc5c4sc4ccccc45)n3)cn1)C(C)(C)C(C)(C)C2(C)C. The summed E-state index contributed by atoms with van der Waals surface area (Å²) in [7, 11) is 0. The summed E-state index contributed by atoms with van der Waals surface area (Å²) in [6.07, 6.45) is 2.89. The molecule has 0 radical (unpaired) electrons. The Hall–Kier alpha value is -5.30. The molecule has 0 saturated heterocycles. The van der Waals surface area contributed by atoms with Crippen LogP contribution in [0.25, 0.3) is 85.8 Å². The molecule has 9 aromatic rings. The Kier molecular flexibility index (Phi) is 7.53. The fourth-order valence-corrected chi connectivity index (χ4v) is 11.4. The first-order chi connectivity index (χ1) is 26.5. The Morgan fingerprint density at radius 2 is 1.02 bits per heavy atom. The first kappa shape index (κ1) is 34.2. The standard InChI is InChI=1S/C49H42N4S2/c1-8-28-25-37-38(48(4,5)49(6,7)47(37,2)3)26-36(28)39-24-23-29(27-50-39)44-51-45(34-19-13-17-32-30-15-9-11-21-40(30)54-42(32)34)53-46(52-44)35-20-14-18-33-31-16-10-12-22-41(31)55-43(33)35/h9-27H,8H2,1-7H3. The molecule has 5 aromatic carbocycles. The smallest absolute Gasteiger partial charge is 0.165 e. The summed E-state index contributed by atoms with van der Waals surface area (Å²) in [5.41, 5.74) is 9.45. The Morgan fingerprint density at radius 3 is 1.55 bits per heavy atom. The van der Waals surface area contributed by atoms with E-state index in [0.29, 0.717) is 17.5 Å². The van der Waals surface area contributed by atoms with Crippen LogP contribution in [0.1, 0.15) is 65.2 Å². The van der Waals surface area contributed by atoms with Crippen LogP contribution in [0.2, 0.25) is 0 Å². The molecule has 10 rings (SSSR count). The zero-order valence-corrected chi connectivity index (χ0v) is 33.9. The topological polar surface area (TPSA) is 51.6 Å². The highest BCUT2D eigenvalue weighted by atomic mass is 32.1. The molecule has 1 aliphatic rings. The molecule has 1 aliphatic carbocycles. The second kappa shape index (κ2) is 12.1. The summed E-state index contributed by atoms with van der Waals surface area (Å²) >= 11 is 3.58. The zero-order valence-electron chi connectivity index (χ0n) is 32.3. The largest absolute Gasteiger partial charge is 0.255 e. The van der Waals surface area contributed by atoms with E-state index in [-0.39, 0.29) is 16.2 Å². The van der Waals surface area contributed by atoms with Crippen molar-refractivity contribution < 1.29 is 0 Å². The van der Waals surface area contributed by atoms with E-state index in [4.69, 9.17) is 19.9 Å². The summed E-state index contributed by atoms with van der Waals surface area (Å²) in [6.45, 7) is 16.7. The number of thiophene rings is 2. The van der Waals surface area contributed by atoms with Gasteiger partial charge in [-0.1, -0.05) is 115 Å². The maximum Gasteiger partial charge on any atom is 0.165 e. The average Bonchev–Trinajstić information content (AvgIpc) is 3.81. The third-order valence-electron chi connectivity index (χ3n) is 13.3. The van der Waals surface area contributed by atoms with Gasteiger partial charge in [0.1, 0.15) is 0 Å².